The van der Waals surface area contributed by atoms with Crippen molar-refractivity contribution in [3.05, 3.63) is 52.6 Å². The molecule has 0 unspecified atom stereocenters. The van der Waals surface area contributed by atoms with Crippen LogP contribution >= 0.6 is 0 Å². The summed E-state index contributed by atoms with van der Waals surface area (Å²) in [5, 5.41) is 0. The molecule has 0 aliphatic heterocycles. The third kappa shape index (κ3) is 2.43. The lowest BCUT2D eigenvalue weighted by Crippen LogP contribution is -2.28. The van der Waals surface area contributed by atoms with Crippen molar-refractivity contribution in [1.29, 1.82) is 0 Å². The maximum atomic E-state index is 14.4. The van der Waals surface area contributed by atoms with Gasteiger partial charge in [-0.15, -0.1) is 0 Å². The molecule has 0 spiro atoms. The number of halogens is 5. The zero-order valence-corrected chi connectivity index (χ0v) is 12.9. The topological polar surface area (TPSA) is 43.4 Å². The maximum Gasteiger partial charge on any atom is 0.534 e. The van der Waals surface area contributed by atoms with Gasteiger partial charge >= 0.3 is 15.6 Å². The normalized spacial score (nSPS) is 13.6. The van der Waals surface area contributed by atoms with Gasteiger partial charge in [0.2, 0.25) is 0 Å². The Kier molecular flexibility index (Phi) is 3.59. The highest BCUT2D eigenvalue weighted by molar-refractivity contribution is 7.88. The molecule has 0 saturated carbocycles. The molecule has 9 heteroatoms. The third-order valence-corrected chi connectivity index (χ3v) is 4.74. The summed E-state index contributed by atoms with van der Waals surface area (Å²) < 4.78 is 91.5. The van der Waals surface area contributed by atoms with Crippen molar-refractivity contribution in [2.75, 3.05) is 0 Å². The minimum Gasteiger partial charge on any atom is -0.373 e. The summed E-state index contributed by atoms with van der Waals surface area (Å²) in [6.07, 6.45) is -0.201. The highest BCUT2D eigenvalue weighted by Crippen LogP contribution is 2.42. The second-order valence-electron chi connectivity index (χ2n) is 5.29. The van der Waals surface area contributed by atoms with E-state index in [2.05, 4.69) is 4.18 Å². The quantitative estimate of drug-likeness (QED) is 0.391. The van der Waals surface area contributed by atoms with E-state index < -0.39 is 33.0 Å². The predicted molar refractivity (Wildman–Crippen MR) is 74.9 cm³/mol. The number of aryl methyl sites for hydroxylation is 1. The van der Waals surface area contributed by atoms with Gasteiger partial charge in [0.15, 0.2) is 11.6 Å². The van der Waals surface area contributed by atoms with Crippen molar-refractivity contribution in [2.45, 2.75) is 18.9 Å². The van der Waals surface area contributed by atoms with Gasteiger partial charge < -0.3 is 4.18 Å². The van der Waals surface area contributed by atoms with Crippen molar-refractivity contribution in [2.24, 2.45) is 0 Å². The average molecular weight is 364 g/mol. The van der Waals surface area contributed by atoms with Crippen molar-refractivity contribution >= 4 is 10.1 Å². The largest absolute Gasteiger partial charge is 0.534 e. The van der Waals surface area contributed by atoms with Gasteiger partial charge in [0.25, 0.3) is 0 Å². The van der Waals surface area contributed by atoms with Crippen molar-refractivity contribution in [3.8, 4) is 16.9 Å². The van der Waals surface area contributed by atoms with Crippen LogP contribution in [0, 0.1) is 18.6 Å². The molecule has 0 aromatic heterocycles. The van der Waals surface area contributed by atoms with E-state index in [0.29, 0.717) is 11.1 Å². The fourth-order valence-corrected chi connectivity index (χ4v) is 3.05. The van der Waals surface area contributed by atoms with E-state index in [-0.39, 0.29) is 23.1 Å². The van der Waals surface area contributed by atoms with Gasteiger partial charge in [0.1, 0.15) is 5.82 Å². The second-order valence-corrected chi connectivity index (χ2v) is 6.82. The van der Waals surface area contributed by atoms with Crippen LogP contribution in [0.1, 0.15) is 16.7 Å². The van der Waals surface area contributed by atoms with E-state index in [4.69, 9.17) is 0 Å². The summed E-state index contributed by atoms with van der Waals surface area (Å²) in [5.74, 6) is -2.86. The Morgan fingerprint density at radius 1 is 0.958 bits per heavy atom. The van der Waals surface area contributed by atoms with Gasteiger partial charge in [0, 0.05) is 17.5 Å². The first-order chi connectivity index (χ1) is 11.0. The molecule has 0 heterocycles. The SMILES string of the molecule is Cc1ccc2c(c1F)Cc1c-2ccc(OS(=O)(=O)C(F)(F)F)c1F. The first kappa shape index (κ1) is 16.7. The fraction of sp³-hybridized carbons (Fsp3) is 0.200. The molecule has 3 rings (SSSR count). The molecule has 1 aliphatic carbocycles. The molecule has 0 bridgehead atoms. The van der Waals surface area contributed by atoms with E-state index in [1.807, 2.05) is 0 Å². The summed E-state index contributed by atoms with van der Waals surface area (Å²) in [4.78, 5) is 0. The molecular formula is C15H9F5O3S. The minimum atomic E-state index is -5.99. The van der Waals surface area contributed by atoms with Gasteiger partial charge in [0.05, 0.1) is 0 Å². The van der Waals surface area contributed by atoms with Crippen LogP contribution in [-0.4, -0.2) is 13.9 Å². The summed E-state index contributed by atoms with van der Waals surface area (Å²) in [6.45, 7) is 1.53. The number of hydrogen-bond donors (Lipinski definition) is 0. The standard InChI is InChI=1S/C15H9F5O3S/c1-7-2-3-8-9-4-5-12(23-24(21,22)15(18,19)20)14(17)11(9)6-10(8)13(7)16/h2-5H,6H2,1H3. The van der Waals surface area contributed by atoms with Crippen LogP contribution in [0.2, 0.25) is 0 Å². The number of alkyl halides is 3. The van der Waals surface area contributed by atoms with Crippen molar-refractivity contribution in [3.63, 3.8) is 0 Å². The minimum absolute atomic E-state index is 0.107. The molecule has 24 heavy (non-hydrogen) atoms. The van der Waals surface area contributed by atoms with Crippen LogP contribution in [0.4, 0.5) is 22.0 Å². The van der Waals surface area contributed by atoms with E-state index in [0.717, 1.165) is 6.07 Å². The van der Waals surface area contributed by atoms with E-state index in [9.17, 15) is 30.4 Å². The molecule has 2 aromatic carbocycles. The summed E-state index contributed by atoms with van der Waals surface area (Å²) in [5.41, 5.74) is -4.53. The van der Waals surface area contributed by atoms with Crippen molar-refractivity contribution < 1.29 is 34.6 Å². The van der Waals surface area contributed by atoms with E-state index in [1.54, 1.807) is 6.07 Å². The summed E-state index contributed by atoms with van der Waals surface area (Å²) >= 11 is 0. The lowest BCUT2D eigenvalue weighted by atomic mass is 10.0. The number of benzene rings is 2. The number of hydrogen-bond acceptors (Lipinski definition) is 3. The molecule has 0 radical (unpaired) electrons. The fourth-order valence-electron chi connectivity index (χ4n) is 2.59. The van der Waals surface area contributed by atoms with Crippen LogP contribution in [0.5, 0.6) is 5.75 Å². The zero-order chi connectivity index (χ0) is 17.9. The van der Waals surface area contributed by atoms with Crippen LogP contribution in [0.25, 0.3) is 11.1 Å². The molecule has 0 fully saturated rings. The van der Waals surface area contributed by atoms with Gasteiger partial charge in [-0.1, -0.05) is 18.2 Å². The zero-order valence-electron chi connectivity index (χ0n) is 12.0. The van der Waals surface area contributed by atoms with Gasteiger partial charge in [-0.3, -0.25) is 0 Å². The Hall–Kier alpha value is -2.16. The predicted octanol–water partition coefficient (Wildman–Crippen LogP) is 4.07. The van der Waals surface area contributed by atoms with Gasteiger partial charge in [-0.25, -0.2) is 8.78 Å². The molecule has 0 atom stereocenters. The van der Waals surface area contributed by atoms with E-state index >= 15 is 0 Å². The number of rotatable bonds is 2. The van der Waals surface area contributed by atoms with Gasteiger partial charge in [-0.2, -0.15) is 21.6 Å². The average Bonchev–Trinajstić information content (AvgIpc) is 2.85. The van der Waals surface area contributed by atoms with Crippen LogP contribution in [0.15, 0.2) is 24.3 Å². The third-order valence-electron chi connectivity index (χ3n) is 3.77. The Morgan fingerprint density at radius 3 is 2.08 bits per heavy atom. The molecule has 1 aliphatic rings. The molecule has 0 amide bonds. The van der Waals surface area contributed by atoms with Crippen molar-refractivity contribution in [1.82, 2.24) is 0 Å². The van der Waals surface area contributed by atoms with Crippen LogP contribution < -0.4 is 4.18 Å². The first-order valence-electron chi connectivity index (χ1n) is 6.63. The second kappa shape index (κ2) is 5.17. The van der Waals surface area contributed by atoms with Crippen LogP contribution in [-0.2, 0) is 16.5 Å². The lowest BCUT2D eigenvalue weighted by molar-refractivity contribution is -0.0500. The smallest absolute Gasteiger partial charge is 0.373 e. The Morgan fingerprint density at radius 2 is 1.50 bits per heavy atom. The molecule has 0 saturated heterocycles. The first-order valence-corrected chi connectivity index (χ1v) is 8.04. The Balaban J connectivity index is 2.07. The number of fused-ring (bicyclic) bond motifs is 3. The molecule has 3 nitrogen and oxygen atoms in total. The monoisotopic (exact) mass is 364 g/mol. The van der Waals surface area contributed by atoms with Crippen LogP contribution in [0.3, 0.4) is 0 Å². The highest BCUT2D eigenvalue weighted by Gasteiger charge is 2.49. The Labute approximate surface area is 133 Å². The Bertz CT molecular complexity index is 949. The molecule has 2 aromatic rings. The summed E-state index contributed by atoms with van der Waals surface area (Å²) in [6, 6.07) is 5.07. The molecular weight excluding hydrogens is 355 g/mol. The molecule has 0 N–H and O–H groups in total. The summed E-state index contributed by atoms with van der Waals surface area (Å²) in [7, 11) is -5.99. The van der Waals surface area contributed by atoms with E-state index in [1.165, 1.54) is 19.1 Å². The van der Waals surface area contributed by atoms with Gasteiger partial charge in [-0.05, 0) is 29.7 Å². The maximum absolute atomic E-state index is 14.4. The lowest BCUT2D eigenvalue weighted by Gasteiger charge is -2.11. The molecule has 128 valence electrons. The highest BCUT2D eigenvalue weighted by atomic mass is 32.2.